The molecule has 0 bridgehead atoms. The molecule has 3 N–H and O–H groups in total. The number of ether oxygens (including phenoxy) is 2. The third-order valence-electron chi connectivity index (χ3n) is 4.90. The molecule has 9 heteroatoms. The van der Waals surface area contributed by atoms with E-state index in [-0.39, 0.29) is 24.5 Å². The summed E-state index contributed by atoms with van der Waals surface area (Å²) in [5.74, 6) is -3.34. The molecule has 0 radical (unpaired) electrons. The highest BCUT2D eigenvalue weighted by atomic mass is 19.1. The molecule has 1 amide bonds. The molecule has 2 fully saturated rings. The number of nitrogens with one attached hydrogen (secondary N) is 1. The van der Waals surface area contributed by atoms with Crippen molar-refractivity contribution in [1.29, 1.82) is 0 Å². The molecular weight excluding hydrogens is 336 g/mol. The van der Waals surface area contributed by atoms with Gasteiger partial charge in [-0.3, -0.25) is 15.8 Å². The molecule has 1 aromatic carbocycles. The molecule has 25 heavy (non-hydrogen) atoms. The summed E-state index contributed by atoms with van der Waals surface area (Å²) in [5.41, 5.74) is 4.72. The minimum absolute atomic E-state index is 0.00756. The van der Waals surface area contributed by atoms with Crippen molar-refractivity contribution in [2.45, 2.75) is 24.4 Å². The summed E-state index contributed by atoms with van der Waals surface area (Å²) in [7, 11) is 2.73. The van der Waals surface area contributed by atoms with Crippen molar-refractivity contribution in [3.05, 3.63) is 35.4 Å². The van der Waals surface area contributed by atoms with Crippen molar-refractivity contribution in [2.75, 3.05) is 20.8 Å². The van der Waals surface area contributed by atoms with Crippen LogP contribution in [0.2, 0.25) is 0 Å². The van der Waals surface area contributed by atoms with Crippen LogP contribution in [0.15, 0.2) is 18.2 Å². The Balaban J connectivity index is 2.07. The van der Waals surface area contributed by atoms with E-state index >= 15 is 0 Å². The number of fused-ring (bicyclic) bond motifs is 1. The predicted octanol–water partition coefficient (Wildman–Crippen LogP) is 0.0421. The monoisotopic (exact) mass is 355 g/mol. The Labute approximate surface area is 143 Å². The predicted molar refractivity (Wildman–Crippen MR) is 81.8 cm³/mol. The number of hydrogen-bond donors (Lipinski definition) is 2. The summed E-state index contributed by atoms with van der Waals surface area (Å²) >= 11 is 0. The molecule has 2 saturated heterocycles. The van der Waals surface area contributed by atoms with Crippen molar-refractivity contribution < 1.29 is 27.8 Å². The first-order chi connectivity index (χ1) is 11.8. The minimum atomic E-state index is -1.30. The minimum Gasteiger partial charge on any atom is -0.467 e. The highest BCUT2D eigenvalue weighted by molar-refractivity contribution is 5.84. The molecule has 1 unspecified atom stereocenters. The number of esters is 1. The Kier molecular flexibility index (Phi) is 4.48. The number of hydrogen-bond acceptors (Lipinski definition) is 6. The van der Waals surface area contributed by atoms with Gasteiger partial charge in [0.15, 0.2) is 6.10 Å². The van der Waals surface area contributed by atoms with Gasteiger partial charge >= 0.3 is 5.97 Å². The lowest BCUT2D eigenvalue weighted by atomic mass is 9.71. The van der Waals surface area contributed by atoms with Crippen LogP contribution in [0.3, 0.4) is 0 Å². The van der Waals surface area contributed by atoms with Gasteiger partial charge in [-0.2, -0.15) is 0 Å². The first-order valence-corrected chi connectivity index (χ1v) is 7.75. The van der Waals surface area contributed by atoms with Gasteiger partial charge in [0.25, 0.3) is 0 Å². The number of carbonyl (C=O) groups excluding carboxylic acids is 2. The maximum atomic E-state index is 14.5. The number of amides is 1. The number of nitrogens with zero attached hydrogens (tertiary/aromatic N) is 1. The molecule has 4 atom stereocenters. The van der Waals surface area contributed by atoms with Gasteiger partial charge in [0, 0.05) is 18.7 Å². The maximum Gasteiger partial charge on any atom is 0.334 e. The van der Waals surface area contributed by atoms with Crippen molar-refractivity contribution in [3.8, 4) is 0 Å². The van der Waals surface area contributed by atoms with Crippen LogP contribution in [-0.2, 0) is 24.6 Å². The van der Waals surface area contributed by atoms with Crippen LogP contribution in [-0.4, -0.2) is 49.9 Å². The fraction of sp³-hybridized carbons (Fsp3) is 0.500. The van der Waals surface area contributed by atoms with E-state index in [0.29, 0.717) is 0 Å². The fourth-order valence-corrected chi connectivity index (χ4v) is 3.50. The smallest absolute Gasteiger partial charge is 0.334 e. The Morgan fingerprint density at radius 3 is 2.84 bits per heavy atom. The molecule has 0 spiro atoms. The third-order valence-corrected chi connectivity index (χ3v) is 4.90. The number of nitrogens with two attached hydrogens (primary N) is 1. The summed E-state index contributed by atoms with van der Waals surface area (Å²) in [6.45, 7) is -0.187. The quantitative estimate of drug-likeness (QED) is 0.728. The summed E-state index contributed by atoms with van der Waals surface area (Å²) in [4.78, 5) is 25.9. The van der Waals surface area contributed by atoms with E-state index in [1.165, 1.54) is 25.1 Å². The molecule has 2 heterocycles. The first kappa shape index (κ1) is 17.7. The zero-order valence-electron chi connectivity index (χ0n) is 13.8. The van der Waals surface area contributed by atoms with Crippen LogP contribution in [0, 0.1) is 17.6 Å². The second-order valence-corrected chi connectivity index (χ2v) is 6.24. The van der Waals surface area contributed by atoms with Crippen LogP contribution in [0.25, 0.3) is 0 Å². The molecular formula is C16H19F2N3O4. The van der Waals surface area contributed by atoms with Crippen molar-refractivity contribution in [1.82, 2.24) is 10.2 Å². The Morgan fingerprint density at radius 2 is 2.20 bits per heavy atom. The topological polar surface area (TPSA) is 93.9 Å². The number of methoxy groups -OCH3 is 1. The van der Waals surface area contributed by atoms with E-state index < -0.39 is 41.5 Å². The van der Waals surface area contributed by atoms with Crippen LogP contribution in [0.4, 0.5) is 8.78 Å². The Morgan fingerprint density at radius 1 is 1.48 bits per heavy atom. The van der Waals surface area contributed by atoms with E-state index in [9.17, 15) is 18.4 Å². The zero-order chi connectivity index (χ0) is 18.4. The number of rotatable bonds is 2. The molecule has 2 aliphatic rings. The van der Waals surface area contributed by atoms with E-state index in [4.69, 9.17) is 10.5 Å². The summed E-state index contributed by atoms with van der Waals surface area (Å²) in [5, 5.41) is 3.01. The van der Waals surface area contributed by atoms with E-state index in [1.807, 2.05) is 0 Å². The molecule has 2 aliphatic heterocycles. The Hall–Kier alpha value is -2.10. The molecule has 0 aromatic heterocycles. The fourth-order valence-electron chi connectivity index (χ4n) is 3.50. The van der Waals surface area contributed by atoms with Gasteiger partial charge in [0.1, 0.15) is 17.9 Å². The zero-order valence-corrected chi connectivity index (χ0v) is 13.8. The molecule has 7 nitrogen and oxygen atoms in total. The van der Waals surface area contributed by atoms with Crippen LogP contribution in [0.1, 0.15) is 12.0 Å². The van der Waals surface area contributed by atoms with Gasteiger partial charge < -0.3 is 14.4 Å². The first-order valence-electron chi connectivity index (χ1n) is 7.75. The number of halogens is 2. The second-order valence-electron chi connectivity index (χ2n) is 6.24. The lowest BCUT2D eigenvalue weighted by Gasteiger charge is -2.52. The van der Waals surface area contributed by atoms with E-state index in [2.05, 4.69) is 10.1 Å². The van der Waals surface area contributed by atoms with Crippen LogP contribution < -0.4 is 11.1 Å². The lowest BCUT2D eigenvalue weighted by Crippen LogP contribution is -2.73. The van der Waals surface area contributed by atoms with Gasteiger partial charge in [0.2, 0.25) is 5.91 Å². The van der Waals surface area contributed by atoms with E-state index in [1.54, 1.807) is 0 Å². The average Bonchev–Trinajstić information content (AvgIpc) is 2.58. The Bertz CT molecular complexity index is 717. The summed E-state index contributed by atoms with van der Waals surface area (Å²) < 4.78 is 38.0. The maximum absolute atomic E-state index is 14.5. The summed E-state index contributed by atoms with van der Waals surface area (Å²) in [6.07, 6.45) is -1.83. The van der Waals surface area contributed by atoms with Gasteiger partial charge in [-0.25, -0.2) is 13.6 Å². The molecule has 1 aromatic rings. The molecule has 0 aliphatic carbocycles. The van der Waals surface area contributed by atoms with Gasteiger partial charge in [-0.1, -0.05) is 6.07 Å². The standard InChI is InChI=1S/C16H19F2N3O4/c1-21-13(22)10-6-12(14(23)24-2)25-7-16(10,20-15(21)19)9-4-3-8(17)5-11(9)18/h3-5,10,12,15,20H,6-7,19H2,1-2H3/t10-,12-,15?,16+/m0/s1. The molecule has 3 rings (SSSR count). The van der Waals surface area contributed by atoms with Crippen LogP contribution in [0.5, 0.6) is 0 Å². The number of benzene rings is 1. The SMILES string of the molecule is COC(=O)[C@@H]1C[C@H]2C(=O)N(C)C(N)N[C@@]2(c2ccc(F)cc2F)CO1. The highest BCUT2D eigenvalue weighted by Gasteiger charge is 2.56. The van der Waals surface area contributed by atoms with Gasteiger partial charge in [-0.15, -0.1) is 0 Å². The van der Waals surface area contributed by atoms with E-state index in [0.717, 1.165) is 12.1 Å². The molecule has 136 valence electrons. The van der Waals surface area contributed by atoms with Gasteiger partial charge in [0.05, 0.1) is 25.2 Å². The third kappa shape index (κ3) is 2.78. The normalized spacial score (nSPS) is 32.3. The second kappa shape index (κ2) is 6.32. The van der Waals surface area contributed by atoms with Crippen molar-refractivity contribution in [3.63, 3.8) is 0 Å². The largest absolute Gasteiger partial charge is 0.467 e. The average molecular weight is 355 g/mol. The highest BCUT2D eigenvalue weighted by Crippen LogP contribution is 2.42. The van der Waals surface area contributed by atoms with Gasteiger partial charge in [-0.05, 0) is 12.5 Å². The summed E-state index contributed by atoms with van der Waals surface area (Å²) in [6, 6.07) is 3.11. The molecule has 0 saturated carbocycles. The number of carbonyl (C=O) groups is 2. The van der Waals surface area contributed by atoms with Crippen molar-refractivity contribution >= 4 is 11.9 Å². The lowest BCUT2D eigenvalue weighted by molar-refractivity contribution is -0.178. The van der Waals surface area contributed by atoms with Crippen molar-refractivity contribution in [2.24, 2.45) is 11.7 Å². The van der Waals surface area contributed by atoms with Crippen LogP contribution >= 0.6 is 0 Å².